The maximum absolute atomic E-state index is 6.02. The van der Waals surface area contributed by atoms with Gasteiger partial charge in [-0.1, -0.05) is 30.3 Å². The third-order valence-corrected chi connectivity index (χ3v) is 3.44. The first-order chi connectivity index (χ1) is 10.3. The number of ether oxygens (including phenoxy) is 3. The predicted octanol–water partition coefficient (Wildman–Crippen LogP) is 2.80. The molecule has 4 heteroatoms. The zero-order valence-corrected chi connectivity index (χ0v) is 11.9. The van der Waals surface area contributed by atoms with Crippen LogP contribution in [0, 0.1) is 0 Å². The Kier molecular flexibility index (Phi) is 4.26. The van der Waals surface area contributed by atoms with Gasteiger partial charge in [0.15, 0.2) is 11.5 Å². The second-order valence-corrected chi connectivity index (χ2v) is 4.98. The summed E-state index contributed by atoms with van der Waals surface area (Å²) in [6.45, 7) is 2.29. The molecule has 0 spiro atoms. The van der Waals surface area contributed by atoms with Crippen molar-refractivity contribution in [3.05, 3.63) is 53.6 Å². The highest BCUT2D eigenvalue weighted by Crippen LogP contribution is 2.34. The van der Waals surface area contributed by atoms with E-state index in [4.69, 9.17) is 19.9 Å². The first kappa shape index (κ1) is 13.8. The quantitative estimate of drug-likeness (QED) is 0.678. The van der Waals surface area contributed by atoms with Crippen molar-refractivity contribution in [3.63, 3.8) is 0 Å². The Hall–Kier alpha value is -2.20. The average Bonchev–Trinajstić information content (AvgIpc) is 2.53. The molecule has 2 N–H and O–H groups in total. The van der Waals surface area contributed by atoms with Gasteiger partial charge in [-0.2, -0.15) is 0 Å². The van der Waals surface area contributed by atoms with Crippen molar-refractivity contribution in [2.75, 3.05) is 25.6 Å². The molecule has 2 aromatic carbocycles. The molecular formula is C17H19NO3. The number of fused-ring (bicyclic) bond motifs is 1. The number of anilines is 1. The summed E-state index contributed by atoms with van der Waals surface area (Å²) in [5.74, 6) is 1.46. The van der Waals surface area contributed by atoms with Gasteiger partial charge >= 0.3 is 0 Å². The zero-order chi connectivity index (χ0) is 14.5. The fraction of sp³-hybridized carbons (Fsp3) is 0.294. The maximum atomic E-state index is 6.02. The molecule has 1 heterocycles. The summed E-state index contributed by atoms with van der Waals surface area (Å²) in [6.07, 6.45) is 0.894. The largest absolute Gasteiger partial charge is 0.486 e. The number of nitrogens with two attached hydrogens (primary N) is 1. The number of hydrogen-bond acceptors (Lipinski definition) is 4. The predicted molar refractivity (Wildman–Crippen MR) is 81.6 cm³/mol. The summed E-state index contributed by atoms with van der Waals surface area (Å²) in [6, 6.07) is 14.0. The van der Waals surface area contributed by atoms with Crippen molar-refractivity contribution < 1.29 is 14.2 Å². The van der Waals surface area contributed by atoms with Crippen LogP contribution in [0.3, 0.4) is 0 Å². The third kappa shape index (κ3) is 3.47. The van der Waals surface area contributed by atoms with Crippen LogP contribution in [-0.2, 0) is 17.8 Å². The van der Waals surface area contributed by atoms with Crippen molar-refractivity contribution in [3.8, 4) is 11.5 Å². The molecule has 1 aliphatic rings. The van der Waals surface area contributed by atoms with Crippen molar-refractivity contribution >= 4 is 5.69 Å². The summed E-state index contributed by atoms with van der Waals surface area (Å²) in [4.78, 5) is 0. The smallest absolute Gasteiger partial charge is 0.163 e. The van der Waals surface area contributed by atoms with Crippen LogP contribution in [0.25, 0.3) is 0 Å². The van der Waals surface area contributed by atoms with Gasteiger partial charge < -0.3 is 19.9 Å². The summed E-state index contributed by atoms with van der Waals surface area (Å²) in [7, 11) is 0. The maximum Gasteiger partial charge on any atom is 0.163 e. The minimum absolute atomic E-state index is 0.481. The Bertz CT molecular complexity index is 598. The third-order valence-electron chi connectivity index (χ3n) is 3.44. The fourth-order valence-corrected chi connectivity index (χ4v) is 2.29. The van der Waals surface area contributed by atoms with Crippen LogP contribution in [0.1, 0.15) is 11.1 Å². The standard InChI is InChI=1S/C17H19NO3/c18-15-11-17-16(20-8-9-21-17)10-14(15)12-19-7-6-13-4-2-1-3-5-13/h1-5,10-11H,6-9,12,18H2. The highest BCUT2D eigenvalue weighted by Gasteiger charge is 2.14. The van der Waals surface area contributed by atoms with E-state index in [1.165, 1.54) is 5.56 Å². The van der Waals surface area contributed by atoms with Crippen molar-refractivity contribution in [2.45, 2.75) is 13.0 Å². The molecule has 0 aliphatic carbocycles. The van der Waals surface area contributed by atoms with Crippen LogP contribution >= 0.6 is 0 Å². The molecule has 4 nitrogen and oxygen atoms in total. The molecule has 3 rings (SSSR count). The van der Waals surface area contributed by atoms with E-state index in [0.29, 0.717) is 37.9 Å². The van der Waals surface area contributed by atoms with E-state index >= 15 is 0 Å². The second kappa shape index (κ2) is 6.50. The number of benzene rings is 2. The summed E-state index contributed by atoms with van der Waals surface area (Å²) in [5.41, 5.74) is 8.91. The van der Waals surface area contributed by atoms with Crippen molar-refractivity contribution in [1.29, 1.82) is 0 Å². The Labute approximate surface area is 124 Å². The molecule has 0 saturated heterocycles. The molecule has 0 radical (unpaired) electrons. The topological polar surface area (TPSA) is 53.7 Å². The first-order valence-corrected chi connectivity index (χ1v) is 7.12. The highest BCUT2D eigenvalue weighted by molar-refractivity contribution is 5.58. The normalized spacial score (nSPS) is 13.1. The molecule has 0 saturated carbocycles. The van der Waals surface area contributed by atoms with Crippen LogP contribution in [-0.4, -0.2) is 19.8 Å². The van der Waals surface area contributed by atoms with Crippen LogP contribution in [0.2, 0.25) is 0 Å². The van der Waals surface area contributed by atoms with Gasteiger partial charge in [-0.3, -0.25) is 0 Å². The van der Waals surface area contributed by atoms with Crippen LogP contribution < -0.4 is 15.2 Å². The molecule has 0 aromatic heterocycles. The van der Waals surface area contributed by atoms with E-state index in [2.05, 4.69) is 12.1 Å². The van der Waals surface area contributed by atoms with Gasteiger partial charge in [0.25, 0.3) is 0 Å². The van der Waals surface area contributed by atoms with Crippen molar-refractivity contribution in [1.82, 2.24) is 0 Å². The van der Waals surface area contributed by atoms with Gasteiger partial charge in [-0.15, -0.1) is 0 Å². The lowest BCUT2D eigenvalue weighted by molar-refractivity contribution is 0.123. The number of rotatable bonds is 5. The number of hydrogen-bond donors (Lipinski definition) is 1. The molecule has 0 fully saturated rings. The summed E-state index contributed by atoms with van der Waals surface area (Å²) < 4.78 is 16.8. The molecule has 1 aliphatic heterocycles. The van der Waals surface area contributed by atoms with Gasteiger partial charge in [0.2, 0.25) is 0 Å². The molecule has 0 unspecified atom stereocenters. The van der Waals surface area contributed by atoms with Crippen LogP contribution in [0.4, 0.5) is 5.69 Å². The molecule has 0 amide bonds. The molecule has 110 valence electrons. The number of nitrogen functional groups attached to an aromatic ring is 1. The average molecular weight is 285 g/mol. The van der Waals surface area contributed by atoms with E-state index in [1.54, 1.807) is 0 Å². The van der Waals surface area contributed by atoms with Gasteiger partial charge in [0.1, 0.15) is 13.2 Å². The Morgan fingerprint density at radius 3 is 2.48 bits per heavy atom. The van der Waals surface area contributed by atoms with E-state index in [0.717, 1.165) is 17.7 Å². The monoisotopic (exact) mass is 285 g/mol. The lowest BCUT2D eigenvalue weighted by Crippen LogP contribution is -2.16. The second-order valence-electron chi connectivity index (χ2n) is 4.98. The lowest BCUT2D eigenvalue weighted by Gasteiger charge is -2.20. The van der Waals surface area contributed by atoms with E-state index in [-0.39, 0.29) is 0 Å². The lowest BCUT2D eigenvalue weighted by atomic mass is 10.1. The fourth-order valence-electron chi connectivity index (χ4n) is 2.29. The van der Waals surface area contributed by atoms with Gasteiger partial charge in [0.05, 0.1) is 13.2 Å². The SMILES string of the molecule is Nc1cc2c(cc1COCCc1ccccc1)OCCO2. The molecule has 0 atom stereocenters. The van der Waals surface area contributed by atoms with Gasteiger partial charge in [-0.25, -0.2) is 0 Å². The van der Waals surface area contributed by atoms with Gasteiger partial charge in [0, 0.05) is 17.3 Å². The molecule has 21 heavy (non-hydrogen) atoms. The molecular weight excluding hydrogens is 266 g/mol. The van der Waals surface area contributed by atoms with E-state index < -0.39 is 0 Å². The molecule has 2 aromatic rings. The van der Waals surface area contributed by atoms with Gasteiger partial charge in [-0.05, 0) is 18.1 Å². The van der Waals surface area contributed by atoms with Crippen molar-refractivity contribution in [2.24, 2.45) is 0 Å². The first-order valence-electron chi connectivity index (χ1n) is 7.12. The Morgan fingerprint density at radius 2 is 1.71 bits per heavy atom. The summed E-state index contributed by atoms with van der Waals surface area (Å²) >= 11 is 0. The summed E-state index contributed by atoms with van der Waals surface area (Å²) in [5, 5.41) is 0. The van der Waals surface area contributed by atoms with Crippen LogP contribution in [0.15, 0.2) is 42.5 Å². The highest BCUT2D eigenvalue weighted by atomic mass is 16.6. The Morgan fingerprint density at radius 1 is 1.00 bits per heavy atom. The zero-order valence-electron chi connectivity index (χ0n) is 11.9. The van der Waals surface area contributed by atoms with Crippen LogP contribution in [0.5, 0.6) is 11.5 Å². The van der Waals surface area contributed by atoms with E-state index in [9.17, 15) is 0 Å². The Balaban J connectivity index is 1.55. The minimum Gasteiger partial charge on any atom is -0.486 e. The molecule has 0 bridgehead atoms. The minimum atomic E-state index is 0.481. The van der Waals surface area contributed by atoms with E-state index in [1.807, 2.05) is 30.3 Å².